The van der Waals surface area contributed by atoms with Crippen molar-refractivity contribution in [3.63, 3.8) is 0 Å². The van der Waals surface area contributed by atoms with Gasteiger partial charge >= 0.3 is 0 Å². The number of hydrogen-bond acceptors (Lipinski definition) is 4. The van der Waals surface area contributed by atoms with Crippen LogP contribution in [0.4, 0.5) is 0 Å². The van der Waals surface area contributed by atoms with E-state index in [1.165, 1.54) is 0 Å². The van der Waals surface area contributed by atoms with Gasteiger partial charge in [0.2, 0.25) is 10.0 Å². The Morgan fingerprint density at radius 1 is 1.00 bits per heavy atom. The number of hydrogen-bond donors (Lipinski definition) is 2. The Balaban J connectivity index is 1.59. The lowest BCUT2D eigenvalue weighted by Gasteiger charge is -2.28. The van der Waals surface area contributed by atoms with Crippen LogP contribution in [0.5, 0.6) is 0 Å². The van der Waals surface area contributed by atoms with Crippen molar-refractivity contribution in [1.29, 1.82) is 0 Å². The van der Waals surface area contributed by atoms with Gasteiger partial charge in [0.05, 0.1) is 11.0 Å². The molecule has 2 aromatic rings. The SMILES string of the molecule is CC1CCC(C)N1C[C@@H](O)CNS(=O)(=O)c1ccc(-c2ccccc2)cc1. The normalized spacial score (nSPS) is 22.0. The molecule has 2 aromatic carbocycles. The van der Waals surface area contributed by atoms with Crippen molar-refractivity contribution in [2.24, 2.45) is 0 Å². The molecule has 2 N–H and O–H groups in total. The van der Waals surface area contributed by atoms with Crippen LogP contribution < -0.4 is 4.72 Å². The van der Waals surface area contributed by atoms with Gasteiger partial charge in [0.25, 0.3) is 0 Å². The molecule has 5 nitrogen and oxygen atoms in total. The van der Waals surface area contributed by atoms with Gasteiger partial charge < -0.3 is 5.11 Å². The molecule has 0 bridgehead atoms. The zero-order chi connectivity index (χ0) is 19.4. The summed E-state index contributed by atoms with van der Waals surface area (Å²) in [6.45, 7) is 4.79. The van der Waals surface area contributed by atoms with Crippen molar-refractivity contribution >= 4 is 10.0 Å². The second-order valence-corrected chi connectivity index (χ2v) is 9.14. The van der Waals surface area contributed by atoms with E-state index in [0.717, 1.165) is 24.0 Å². The first-order valence-electron chi connectivity index (χ1n) is 9.46. The summed E-state index contributed by atoms with van der Waals surface area (Å²) in [5.74, 6) is 0. The van der Waals surface area contributed by atoms with Crippen molar-refractivity contribution in [2.75, 3.05) is 13.1 Å². The first-order chi connectivity index (χ1) is 12.9. The zero-order valence-electron chi connectivity index (χ0n) is 15.9. The van der Waals surface area contributed by atoms with Crippen molar-refractivity contribution in [3.8, 4) is 11.1 Å². The lowest BCUT2D eigenvalue weighted by molar-refractivity contribution is 0.0941. The van der Waals surface area contributed by atoms with Crippen LogP contribution in [0.15, 0.2) is 59.5 Å². The molecule has 0 aliphatic carbocycles. The number of aliphatic hydroxyl groups is 1. The molecule has 3 rings (SSSR count). The molecule has 146 valence electrons. The van der Waals surface area contributed by atoms with Gasteiger partial charge in [-0.15, -0.1) is 0 Å². The van der Waals surface area contributed by atoms with Gasteiger partial charge in [-0.1, -0.05) is 42.5 Å². The van der Waals surface area contributed by atoms with Crippen molar-refractivity contribution in [2.45, 2.75) is 49.8 Å². The summed E-state index contributed by atoms with van der Waals surface area (Å²) in [5.41, 5.74) is 2.00. The van der Waals surface area contributed by atoms with Gasteiger partial charge in [0, 0.05) is 25.2 Å². The summed E-state index contributed by atoms with van der Waals surface area (Å²) in [6, 6.07) is 17.5. The predicted octanol–water partition coefficient (Wildman–Crippen LogP) is 2.87. The predicted molar refractivity (Wildman–Crippen MR) is 108 cm³/mol. The first-order valence-corrected chi connectivity index (χ1v) is 10.9. The Morgan fingerprint density at radius 2 is 1.56 bits per heavy atom. The van der Waals surface area contributed by atoms with Crippen LogP contribution in [0.2, 0.25) is 0 Å². The van der Waals surface area contributed by atoms with Gasteiger partial charge in [0.15, 0.2) is 0 Å². The van der Waals surface area contributed by atoms with Crippen LogP contribution in [0.25, 0.3) is 11.1 Å². The fourth-order valence-corrected chi connectivity index (χ4v) is 4.74. The summed E-state index contributed by atoms with van der Waals surface area (Å²) in [4.78, 5) is 2.45. The van der Waals surface area contributed by atoms with E-state index < -0.39 is 16.1 Å². The fraction of sp³-hybridized carbons (Fsp3) is 0.429. The minimum Gasteiger partial charge on any atom is -0.390 e. The third-order valence-electron chi connectivity index (χ3n) is 5.34. The summed E-state index contributed by atoms with van der Waals surface area (Å²) in [5, 5.41) is 10.3. The number of benzene rings is 2. The molecule has 27 heavy (non-hydrogen) atoms. The number of β-amino-alcohol motifs (C(OH)–C–C–N with tert-alkyl or cyclic N) is 1. The molecule has 6 heteroatoms. The minimum atomic E-state index is -3.64. The molecule has 1 fully saturated rings. The topological polar surface area (TPSA) is 69.6 Å². The average molecular weight is 389 g/mol. The lowest BCUT2D eigenvalue weighted by Crippen LogP contribution is -2.43. The maximum atomic E-state index is 12.5. The Hall–Kier alpha value is -1.73. The van der Waals surface area contributed by atoms with Gasteiger partial charge in [-0.3, -0.25) is 4.90 Å². The highest BCUT2D eigenvalue weighted by molar-refractivity contribution is 7.89. The maximum absolute atomic E-state index is 12.5. The molecule has 3 atom stereocenters. The molecule has 1 aliphatic rings. The largest absolute Gasteiger partial charge is 0.390 e. The Kier molecular flexibility index (Phi) is 6.32. The van der Waals surface area contributed by atoms with Crippen LogP contribution in [0.3, 0.4) is 0 Å². The number of sulfonamides is 1. The molecule has 1 aliphatic heterocycles. The quantitative estimate of drug-likeness (QED) is 0.765. The van der Waals surface area contributed by atoms with Crippen molar-refractivity contribution in [1.82, 2.24) is 9.62 Å². The number of nitrogens with one attached hydrogen (secondary N) is 1. The monoisotopic (exact) mass is 388 g/mol. The highest BCUT2D eigenvalue weighted by Gasteiger charge is 2.29. The third-order valence-corrected chi connectivity index (χ3v) is 6.78. The van der Waals surface area contributed by atoms with E-state index in [2.05, 4.69) is 23.5 Å². The highest BCUT2D eigenvalue weighted by Crippen LogP contribution is 2.23. The van der Waals surface area contributed by atoms with E-state index in [4.69, 9.17) is 0 Å². The molecular formula is C21H28N2O3S. The molecule has 0 amide bonds. The van der Waals surface area contributed by atoms with E-state index in [-0.39, 0.29) is 11.4 Å². The molecule has 2 unspecified atom stereocenters. The van der Waals surface area contributed by atoms with E-state index in [0.29, 0.717) is 18.6 Å². The minimum absolute atomic E-state index is 0.0126. The molecule has 0 aromatic heterocycles. The summed E-state index contributed by atoms with van der Waals surface area (Å²) >= 11 is 0. The summed E-state index contributed by atoms with van der Waals surface area (Å²) in [7, 11) is -3.64. The van der Waals surface area contributed by atoms with Crippen LogP contribution >= 0.6 is 0 Å². The number of likely N-dealkylation sites (tertiary alicyclic amines) is 1. The van der Waals surface area contributed by atoms with Crippen LogP contribution in [-0.2, 0) is 10.0 Å². The first kappa shape index (κ1) is 20.0. The van der Waals surface area contributed by atoms with Gasteiger partial charge in [-0.25, -0.2) is 13.1 Å². The van der Waals surface area contributed by atoms with Gasteiger partial charge in [0.1, 0.15) is 0 Å². The van der Waals surface area contributed by atoms with Gasteiger partial charge in [-0.05, 0) is 49.9 Å². The zero-order valence-corrected chi connectivity index (χ0v) is 16.7. The number of aliphatic hydroxyl groups excluding tert-OH is 1. The molecule has 1 saturated heterocycles. The van der Waals surface area contributed by atoms with Crippen LogP contribution in [0.1, 0.15) is 26.7 Å². The second-order valence-electron chi connectivity index (χ2n) is 7.37. The standard InChI is InChI=1S/C21H28N2O3S/c1-16-8-9-17(2)23(16)15-20(24)14-22-27(25,26)21-12-10-19(11-13-21)18-6-4-3-5-7-18/h3-7,10-13,16-17,20,22,24H,8-9,14-15H2,1-2H3/t16?,17?,20-/m0/s1. The van der Waals surface area contributed by atoms with E-state index in [1.54, 1.807) is 24.3 Å². The van der Waals surface area contributed by atoms with E-state index in [9.17, 15) is 13.5 Å². The summed E-state index contributed by atoms with van der Waals surface area (Å²) in [6.07, 6.45) is 1.51. The van der Waals surface area contributed by atoms with Crippen LogP contribution in [0, 0.1) is 0 Å². The number of nitrogens with zero attached hydrogens (tertiary/aromatic N) is 1. The summed E-state index contributed by atoms with van der Waals surface area (Å²) < 4.78 is 27.6. The molecular weight excluding hydrogens is 360 g/mol. The fourth-order valence-electron chi connectivity index (χ4n) is 3.66. The number of rotatable bonds is 7. The third kappa shape index (κ3) is 4.96. The highest BCUT2D eigenvalue weighted by atomic mass is 32.2. The smallest absolute Gasteiger partial charge is 0.240 e. The molecule has 0 radical (unpaired) electrons. The van der Waals surface area contributed by atoms with Crippen molar-refractivity contribution < 1.29 is 13.5 Å². The van der Waals surface area contributed by atoms with Gasteiger partial charge in [-0.2, -0.15) is 0 Å². The Bertz CT molecular complexity index is 827. The molecule has 0 spiro atoms. The average Bonchev–Trinajstić information content (AvgIpc) is 2.99. The van der Waals surface area contributed by atoms with Crippen LogP contribution in [-0.4, -0.2) is 49.7 Å². The second kappa shape index (κ2) is 8.52. The van der Waals surface area contributed by atoms with Crippen molar-refractivity contribution in [3.05, 3.63) is 54.6 Å². The molecule has 1 heterocycles. The molecule has 0 saturated carbocycles. The maximum Gasteiger partial charge on any atom is 0.240 e. The van der Waals surface area contributed by atoms with E-state index >= 15 is 0 Å². The van der Waals surface area contributed by atoms with E-state index in [1.807, 2.05) is 30.3 Å². The lowest BCUT2D eigenvalue weighted by atomic mass is 10.1. The Labute approximate surface area is 162 Å². The Morgan fingerprint density at radius 3 is 2.15 bits per heavy atom.